The SMILES string of the molecule is Cc1ccc(O)cc1.[Mo].c1ccc(-c2ccccn2)nc1. The summed E-state index contributed by atoms with van der Waals surface area (Å²) < 4.78 is 0. The molecule has 0 aliphatic rings. The Morgan fingerprint density at radius 1 is 0.714 bits per heavy atom. The molecule has 3 rings (SSSR count). The molecular formula is C17H16MoN2O. The van der Waals surface area contributed by atoms with Crippen molar-refractivity contribution in [2.24, 2.45) is 0 Å². The molecule has 0 aliphatic carbocycles. The van der Waals surface area contributed by atoms with Gasteiger partial charge in [-0.15, -0.1) is 0 Å². The number of hydrogen-bond donors (Lipinski definition) is 1. The molecule has 0 radical (unpaired) electrons. The Balaban J connectivity index is 0.000000216. The van der Waals surface area contributed by atoms with Crippen molar-refractivity contribution in [2.45, 2.75) is 6.92 Å². The molecule has 0 aliphatic heterocycles. The minimum absolute atomic E-state index is 0. The average molecular weight is 360 g/mol. The van der Waals surface area contributed by atoms with E-state index in [-0.39, 0.29) is 21.1 Å². The van der Waals surface area contributed by atoms with Gasteiger partial charge in [-0.3, -0.25) is 9.97 Å². The molecule has 0 amide bonds. The zero-order valence-electron chi connectivity index (χ0n) is 11.7. The molecule has 0 fully saturated rings. The van der Waals surface area contributed by atoms with Gasteiger partial charge in [-0.2, -0.15) is 0 Å². The molecule has 2 aromatic heterocycles. The standard InChI is InChI=1S/C10H8N2.C7H8O.Mo/c1-3-7-11-9(5-1)10-6-2-4-8-12-10;1-6-2-4-7(8)5-3-6;/h1-8H;2-5,8H,1H3;. The molecule has 0 bridgehead atoms. The molecule has 106 valence electrons. The minimum atomic E-state index is 0. The number of benzene rings is 1. The third kappa shape index (κ3) is 5.88. The molecule has 3 nitrogen and oxygen atoms in total. The van der Waals surface area contributed by atoms with E-state index < -0.39 is 0 Å². The Morgan fingerprint density at radius 2 is 1.19 bits per heavy atom. The van der Waals surface area contributed by atoms with E-state index in [1.807, 2.05) is 55.5 Å². The summed E-state index contributed by atoms with van der Waals surface area (Å²) in [5.41, 5.74) is 3.00. The maximum atomic E-state index is 8.76. The van der Waals surface area contributed by atoms with Crippen LogP contribution in [0.4, 0.5) is 0 Å². The maximum Gasteiger partial charge on any atom is 0.115 e. The van der Waals surface area contributed by atoms with E-state index in [9.17, 15) is 0 Å². The first-order chi connectivity index (χ1) is 9.75. The van der Waals surface area contributed by atoms with Crippen LogP contribution in [0.1, 0.15) is 5.56 Å². The van der Waals surface area contributed by atoms with Crippen molar-refractivity contribution < 1.29 is 26.2 Å². The van der Waals surface area contributed by atoms with E-state index in [1.165, 1.54) is 5.56 Å². The normalized spacial score (nSPS) is 9.00. The van der Waals surface area contributed by atoms with Crippen molar-refractivity contribution in [3.8, 4) is 17.1 Å². The van der Waals surface area contributed by atoms with Gasteiger partial charge in [0.1, 0.15) is 5.75 Å². The van der Waals surface area contributed by atoms with E-state index in [0.717, 1.165) is 11.4 Å². The maximum absolute atomic E-state index is 8.76. The predicted octanol–water partition coefficient (Wildman–Crippen LogP) is 3.84. The van der Waals surface area contributed by atoms with Gasteiger partial charge in [0.15, 0.2) is 0 Å². The number of pyridine rings is 2. The van der Waals surface area contributed by atoms with Crippen LogP contribution in [0.25, 0.3) is 11.4 Å². The molecule has 3 aromatic rings. The van der Waals surface area contributed by atoms with Crippen LogP contribution in [-0.2, 0) is 21.1 Å². The Morgan fingerprint density at radius 3 is 1.52 bits per heavy atom. The molecule has 2 heterocycles. The first kappa shape index (κ1) is 17.1. The second-order valence-corrected chi connectivity index (χ2v) is 4.27. The van der Waals surface area contributed by atoms with E-state index in [1.54, 1.807) is 24.5 Å². The van der Waals surface area contributed by atoms with Gasteiger partial charge in [-0.05, 0) is 43.3 Å². The van der Waals surface area contributed by atoms with Crippen molar-refractivity contribution in [2.75, 3.05) is 0 Å². The van der Waals surface area contributed by atoms with Crippen molar-refractivity contribution in [3.05, 3.63) is 78.6 Å². The number of rotatable bonds is 1. The van der Waals surface area contributed by atoms with Crippen LogP contribution in [0.3, 0.4) is 0 Å². The minimum Gasteiger partial charge on any atom is -0.508 e. The molecule has 4 heteroatoms. The van der Waals surface area contributed by atoms with Gasteiger partial charge < -0.3 is 5.11 Å². The number of aromatic nitrogens is 2. The van der Waals surface area contributed by atoms with Crippen molar-refractivity contribution in [3.63, 3.8) is 0 Å². The summed E-state index contributed by atoms with van der Waals surface area (Å²) in [4.78, 5) is 8.37. The molecule has 1 N–H and O–H groups in total. The number of nitrogens with zero attached hydrogens (tertiary/aromatic N) is 2. The summed E-state index contributed by atoms with van der Waals surface area (Å²) in [6, 6.07) is 18.7. The van der Waals surface area contributed by atoms with Gasteiger partial charge in [0, 0.05) is 33.5 Å². The quantitative estimate of drug-likeness (QED) is 0.671. The number of phenols is 1. The van der Waals surface area contributed by atoms with Crippen molar-refractivity contribution in [1.29, 1.82) is 0 Å². The third-order valence-corrected chi connectivity index (χ3v) is 2.63. The summed E-state index contributed by atoms with van der Waals surface area (Å²) in [6.45, 7) is 1.99. The molecule has 0 unspecified atom stereocenters. The van der Waals surface area contributed by atoms with Crippen LogP contribution >= 0.6 is 0 Å². The van der Waals surface area contributed by atoms with Crippen LogP contribution < -0.4 is 0 Å². The van der Waals surface area contributed by atoms with E-state index in [4.69, 9.17) is 5.11 Å². The Labute approximate surface area is 139 Å². The van der Waals surface area contributed by atoms with Crippen LogP contribution in [0.2, 0.25) is 0 Å². The fourth-order valence-electron chi connectivity index (χ4n) is 1.57. The van der Waals surface area contributed by atoms with Gasteiger partial charge in [-0.1, -0.05) is 29.8 Å². The average Bonchev–Trinajstić information content (AvgIpc) is 2.53. The van der Waals surface area contributed by atoms with Crippen LogP contribution in [0, 0.1) is 6.92 Å². The molecule has 1 aromatic carbocycles. The topological polar surface area (TPSA) is 46.0 Å². The second kappa shape index (κ2) is 9.04. The smallest absolute Gasteiger partial charge is 0.115 e. The monoisotopic (exact) mass is 362 g/mol. The van der Waals surface area contributed by atoms with E-state index in [2.05, 4.69) is 9.97 Å². The fourth-order valence-corrected chi connectivity index (χ4v) is 1.57. The molecule has 0 saturated carbocycles. The summed E-state index contributed by atoms with van der Waals surface area (Å²) in [5.74, 6) is 0.329. The van der Waals surface area contributed by atoms with Gasteiger partial charge in [0.25, 0.3) is 0 Å². The summed E-state index contributed by atoms with van der Waals surface area (Å²) in [7, 11) is 0. The molecular weight excluding hydrogens is 344 g/mol. The molecule has 0 atom stereocenters. The number of hydrogen-bond acceptors (Lipinski definition) is 3. The van der Waals surface area contributed by atoms with Crippen LogP contribution in [0.5, 0.6) is 5.75 Å². The summed E-state index contributed by atoms with van der Waals surface area (Å²) in [6.07, 6.45) is 3.54. The van der Waals surface area contributed by atoms with Crippen molar-refractivity contribution in [1.82, 2.24) is 9.97 Å². The predicted molar refractivity (Wildman–Crippen MR) is 80.3 cm³/mol. The Kier molecular flexibility index (Phi) is 7.34. The van der Waals surface area contributed by atoms with Gasteiger partial charge in [-0.25, -0.2) is 0 Å². The fraction of sp³-hybridized carbons (Fsp3) is 0.0588. The van der Waals surface area contributed by atoms with Crippen molar-refractivity contribution >= 4 is 0 Å². The first-order valence-electron chi connectivity index (χ1n) is 6.34. The zero-order valence-corrected chi connectivity index (χ0v) is 13.7. The molecule has 0 spiro atoms. The first-order valence-corrected chi connectivity index (χ1v) is 6.34. The number of aryl methyl sites for hydroxylation is 1. The van der Waals surface area contributed by atoms with Gasteiger partial charge in [0.05, 0.1) is 11.4 Å². The Bertz CT molecular complexity index is 569. The van der Waals surface area contributed by atoms with Crippen LogP contribution in [0.15, 0.2) is 73.1 Å². The number of aromatic hydroxyl groups is 1. The number of phenolic OH excluding ortho intramolecular Hbond substituents is 1. The van der Waals surface area contributed by atoms with E-state index in [0.29, 0.717) is 5.75 Å². The van der Waals surface area contributed by atoms with E-state index >= 15 is 0 Å². The summed E-state index contributed by atoms with van der Waals surface area (Å²) >= 11 is 0. The second-order valence-electron chi connectivity index (χ2n) is 4.27. The molecule has 0 saturated heterocycles. The van der Waals surface area contributed by atoms with Gasteiger partial charge >= 0.3 is 0 Å². The molecule has 21 heavy (non-hydrogen) atoms. The van der Waals surface area contributed by atoms with Crippen LogP contribution in [-0.4, -0.2) is 15.1 Å². The van der Waals surface area contributed by atoms with Gasteiger partial charge in [0.2, 0.25) is 0 Å². The zero-order chi connectivity index (χ0) is 14.2. The summed E-state index contributed by atoms with van der Waals surface area (Å²) in [5, 5.41) is 8.76. The Hall–Kier alpha value is -1.99. The third-order valence-electron chi connectivity index (χ3n) is 2.63. The largest absolute Gasteiger partial charge is 0.508 e.